The second kappa shape index (κ2) is 8.27. The fourth-order valence-corrected chi connectivity index (χ4v) is 3.90. The van der Waals surface area contributed by atoms with E-state index in [2.05, 4.69) is 10.2 Å². The Bertz CT molecular complexity index is 884. The van der Waals surface area contributed by atoms with Crippen LogP contribution in [-0.2, 0) is 11.2 Å². The molecule has 0 aromatic heterocycles. The molecule has 0 atom stereocenters. The molecule has 1 N–H and O–H groups in total. The third-order valence-electron chi connectivity index (χ3n) is 4.93. The molecule has 1 fully saturated rings. The average molecular weight is 405 g/mol. The topological polar surface area (TPSA) is 50.8 Å². The fourth-order valence-electron chi connectivity index (χ4n) is 3.61. The van der Waals surface area contributed by atoms with E-state index in [1.807, 2.05) is 6.07 Å². The van der Waals surface area contributed by atoms with Crippen molar-refractivity contribution in [3.63, 3.8) is 0 Å². The summed E-state index contributed by atoms with van der Waals surface area (Å²) in [4.78, 5) is 14.7. The molecule has 0 aliphatic carbocycles. The number of fused-ring (bicyclic) bond motifs is 1. The standard InChI is InChI=1S/C21H22ClFN2O3/c22-15-11-14(12-18-21(15)28-10-4-9-27-18)13-19(26)24-20-16(23)5-3-6-17(20)25-7-1-2-8-25/h3,5-6,11-12H,1-2,4,7-10,13H2,(H,24,26). The molecule has 0 saturated carbocycles. The summed E-state index contributed by atoms with van der Waals surface area (Å²) >= 11 is 6.30. The van der Waals surface area contributed by atoms with Crippen molar-refractivity contribution < 1.29 is 18.7 Å². The Morgan fingerprint density at radius 1 is 1.14 bits per heavy atom. The smallest absolute Gasteiger partial charge is 0.228 e. The molecular weight excluding hydrogens is 383 g/mol. The first-order chi connectivity index (χ1) is 13.6. The predicted molar refractivity (Wildman–Crippen MR) is 107 cm³/mol. The quantitative estimate of drug-likeness (QED) is 0.819. The number of nitrogens with one attached hydrogen (secondary N) is 1. The van der Waals surface area contributed by atoms with Crippen LogP contribution in [0.1, 0.15) is 24.8 Å². The maximum absolute atomic E-state index is 14.4. The number of carbonyl (C=O) groups excluding carboxylic acids is 1. The predicted octanol–water partition coefficient (Wildman–Crippen LogP) is 4.42. The van der Waals surface area contributed by atoms with Gasteiger partial charge in [-0.25, -0.2) is 4.39 Å². The van der Waals surface area contributed by atoms with Gasteiger partial charge in [-0.2, -0.15) is 0 Å². The number of anilines is 2. The molecule has 0 unspecified atom stereocenters. The molecule has 148 valence electrons. The van der Waals surface area contributed by atoms with Crippen molar-refractivity contribution >= 4 is 28.9 Å². The number of rotatable bonds is 4. The molecule has 5 nitrogen and oxygen atoms in total. The van der Waals surface area contributed by atoms with Crippen LogP contribution in [0.4, 0.5) is 15.8 Å². The van der Waals surface area contributed by atoms with Crippen molar-refractivity contribution in [1.82, 2.24) is 0 Å². The van der Waals surface area contributed by atoms with E-state index in [1.165, 1.54) is 6.07 Å². The van der Waals surface area contributed by atoms with Gasteiger partial charge in [0.05, 0.1) is 30.3 Å². The van der Waals surface area contributed by atoms with E-state index >= 15 is 0 Å². The van der Waals surface area contributed by atoms with Gasteiger partial charge in [-0.15, -0.1) is 0 Å². The van der Waals surface area contributed by atoms with Crippen LogP contribution in [0.2, 0.25) is 5.02 Å². The highest BCUT2D eigenvalue weighted by atomic mass is 35.5. The number of nitrogens with zero attached hydrogens (tertiary/aromatic N) is 1. The van der Waals surface area contributed by atoms with Gasteiger partial charge in [-0.1, -0.05) is 17.7 Å². The summed E-state index contributed by atoms with van der Waals surface area (Å²) in [5.41, 5.74) is 1.64. The van der Waals surface area contributed by atoms with Gasteiger partial charge < -0.3 is 19.7 Å². The number of ether oxygens (including phenoxy) is 2. The summed E-state index contributed by atoms with van der Waals surface area (Å²) in [6.45, 7) is 2.81. The lowest BCUT2D eigenvalue weighted by Gasteiger charge is -2.22. The number of halogens is 2. The highest BCUT2D eigenvalue weighted by Crippen LogP contribution is 2.38. The molecule has 2 aliphatic rings. The molecule has 4 rings (SSSR count). The van der Waals surface area contributed by atoms with Crippen molar-refractivity contribution in [3.8, 4) is 11.5 Å². The van der Waals surface area contributed by atoms with Gasteiger partial charge >= 0.3 is 0 Å². The monoisotopic (exact) mass is 404 g/mol. The normalized spacial score (nSPS) is 16.0. The molecule has 2 aliphatic heterocycles. The SMILES string of the molecule is O=C(Cc1cc(Cl)c2c(c1)OCCCO2)Nc1c(F)cccc1N1CCCC1. The van der Waals surface area contributed by atoms with Crippen molar-refractivity contribution in [2.45, 2.75) is 25.7 Å². The second-order valence-corrected chi connectivity index (χ2v) is 7.42. The first-order valence-corrected chi connectivity index (χ1v) is 9.91. The highest BCUT2D eigenvalue weighted by molar-refractivity contribution is 6.32. The van der Waals surface area contributed by atoms with Gasteiger partial charge in [0.25, 0.3) is 0 Å². The van der Waals surface area contributed by atoms with Crippen molar-refractivity contribution in [2.24, 2.45) is 0 Å². The molecule has 1 saturated heterocycles. The Morgan fingerprint density at radius 3 is 2.75 bits per heavy atom. The molecule has 2 aromatic carbocycles. The molecule has 28 heavy (non-hydrogen) atoms. The molecule has 7 heteroatoms. The summed E-state index contributed by atoms with van der Waals surface area (Å²) in [6, 6.07) is 8.32. The zero-order valence-corrected chi connectivity index (χ0v) is 16.2. The Kier molecular flexibility index (Phi) is 5.57. The van der Waals surface area contributed by atoms with E-state index in [0.717, 1.165) is 38.0 Å². The Hall–Kier alpha value is -2.47. The van der Waals surface area contributed by atoms with E-state index in [4.69, 9.17) is 21.1 Å². The van der Waals surface area contributed by atoms with Gasteiger partial charge in [0.2, 0.25) is 5.91 Å². The number of benzene rings is 2. The zero-order chi connectivity index (χ0) is 19.5. The van der Waals surface area contributed by atoms with Crippen LogP contribution in [0.5, 0.6) is 11.5 Å². The number of carbonyl (C=O) groups is 1. The third kappa shape index (κ3) is 4.02. The van der Waals surface area contributed by atoms with Crippen molar-refractivity contribution in [1.29, 1.82) is 0 Å². The summed E-state index contributed by atoms with van der Waals surface area (Å²) in [5, 5.41) is 3.15. The van der Waals surface area contributed by atoms with E-state index in [1.54, 1.807) is 18.2 Å². The van der Waals surface area contributed by atoms with Crippen LogP contribution in [-0.4, -0.2) is 32.2 Å². The van der Waals surface area contributed by atoms with Gasteiger partial charge in [0.15, 0.2) is 11.5 Å². The Labute approximate surface area is 168 Å². The number of hydrogen-bond donors (Lipinski definition) is 1. The van der Waals surface area contributed by atoms with Gasteiger partial charge in [-0.3, -0.25) is 4.79 Å². The minimum absolute atomic E-state index is 0.0597. The largest absolute Gasteiger partial charge is 0.489 e. The fraction of sp³-hybridized carbons (Fsp3) is 0.381. The van der Waals surface area contributed by atoms with Crippen molar-refractivity contribution in [3.05, 3.63) is 46.7 Å². The minimum Gasteiger partial charge on any atom is -0.489 e. The molecule has 0 radical (unpaired) electrons. The first-order valence-electron chi connectivity index (χ1n) is 9.53. The minimum atomic E-state index is -0.436. The van der Waals surface area contributed by atoms with E-state index in [-0.39, 0.29) is 18.0 Å². The van der Waals surface area contributed by atoms with Gasteiger partial charge in [0, 0.05) is 19.5 Å². The maximum atomic E-state index is 14.4. The lowest BCUT2D eigenvalue weighted by molar-refractivity contribution is -0.115. The van der Waals surface area contributed by atoms with Crippen LogP contribution < -0.4 is 19.7 Å². The van der Waals surface area contributed by atoms with E-state index in [0.29, 0.717) is 35.3 Å². The zero-order valence-electron chi connectivity index (χ0n) is 15.5. The molecule has 1 amide bonds. The summed E-state index contributed by atoms with van der Waals surface area (Å²) in [7, 11) is 0. The highest BCUT2D eigenvalue weighted by Gasteiger charge is 2.21. The van der Waals surface area contributed by atoms with Crippen LogP contribution in [0, 0.1) is 5.82 Å². The summed E-state index contributed by atoms with van der Waals surface area (Å²) in [5.74, 6) is 0.302. The maximum Gasteiger partial charge on any atom is 0.228 e. The lowest BCUT2D eigenvalue weighted by Crippen LogP contribution is -2.22. The number of hydrogen-bond acceptors (Lipinski definition) is 4. The van der Waals surface area contributed by atoms with E-state index in [9.17, 15) is 9.18 Å². The summed E-state index contributed by atoms with van der Waals surface area (Å²) < 4.78 is 25.7. The van der Waals surface area contributed by atoms with Crippen LogP contribution in [0.3, 0.4) is 0 Å². The lowest BCUT2D eigenvalue weighted by atomic mass is 10.1. The Morgan fingerprint density at radius 2 is 1.93 bits per heavy atom. The van der Waals surface area contributed by atoms with Crippen molar-refractivity contribution in [2.75, 3.05) is 36.5 Å². The second-order valence-electron chi connectivity index (χ2n) is 7.01. The number of amides is 1. The molecule has 2 aromatic rings. The van der Waals surface area contributed by atoms with Gasteiger partial charge in [-0.05, 0) is 42.7 Å². The first kappa shape index (κ1) is 18.9. The van der Waals surface area contributed by atoms with Crippen LogP contribution >= 0.6 is 11.6 Å². The molecule has 2 heterocycles. The summed E-state index contributed by atoms with van der Waals surface area (Å²) in [6.07, 6.45) is 2.97. The van der Waals surface area contributed by atoms with Crippen LogP contribution in [0.15, 0.2) is 30.3 Å². The average Bonchev–Trinajstić information content (AvgIpc) is 3.09. The number of para-hydroxylation sites is 1. The van der Waals surface area contributed by atoms with Gasteiger partial charge in [0.1, 0.15) is 11.5 Å². The third-order valence-corrected chi connectivity index (χ3v) is 5.21. The van der Waals surface area contributed by atoms with Crippen LogP contribution in [0.25, 0.3) is 0 Å². The molecule has 0 spiro atoms. The molecule has 0 bridgehead atoms. The molecular formula is C21H22ClFN2O3. The van der Waals surface area contributed by atoms with E-state index < -0.39 is 5.82 Å². The Balaban J connectivity index is 1.53.